The molecule has 6 nitrogen and oxygen atoms in total. The number of amides is 4. The average molecular weight is 419 g/mol. The van der Waals surface area contributed by atoms with E-state index in [2.05, 4.69) is 11.9 Å². The predicted octanol–water partition coefficient (Wildman–Crippen LogP) is 3.02. The second-order valence-corrected chi connectivity index (χ2v) is 8.21. The van der Waals surface area contributed by atoms with Gasteiger partial charge < -0.3 is 10.2 Å². The van der Waals surface area contributed by atoms with Crippen LogP contribution in [-0.4, -0.2) is 52.8 Å². The molecule has 0 unspecified atom stereocenters. The summed E-state index contributed by atoms with van der Waals surface area (Å²) in [6, 6.07) is 2.68. The number of benzene rings is 1. The van der Waals surface area contributed by atoms with Crippen molar-refractivity contribution in [2.45, 2.75) is 45.1 Å². The van der Waals surface area contributed by atoms with Gasteiger partial charge in [0.15, 0.2) is 0 Å². The fourth-order valence-electron chi connectivity index (χ4n) is 4.48. The van der Waals surface area contributed by atoms with Gasteiger partial charge in [-0.15, -0.1) is 0 Å². The maximum Gasteiger partial charge on any atom is 0.325 e. The first kappa shape index (κ1) is 21.9. The lowest BCUT2D eigenvalue weighted by molar-refractivity contribution is -0.135. The summed E-state index contributed by atoms with van der Waals surface area (Å²) < 4.78 is 26.7. The quantitative estimate of drug-likeness (QED) is 0.569. The molecule has 2 heterocycles. The van der Waals surface area contributed by atoms with Crippen LogP contribution in [0.25, 0.3) is 0 Å². The van der Waals surface area contributed by atoms with E-state index in [-0.39, 0.29) is 30.7 Å². The molecule has 0 spiro atoms. The molecule has 2 aliphatic heterocycles. The van der Waals surface area contributed by atoms with Crippen LogP contribution in [0.2, 0.25) is 0 Å². The Balaban J connectivity index is 1.65. The molecule has 162 valence electrons. The molecule has 1 aromatic carbocycles. The summed E-state index contributed by atoms with van der Waals surface area (Å²) in [6.45, 7) is 8.46. The highest BCUT2D eigenvalue weighted by Crippen LogP contribution is 2.36. The molecule has 0 radical (unpaired) electrons. The summed E-state index contributed by atoms with van der Waals surface area (Å²) in [5.41, 5.74) is 0.0470. The Kier molecular flexibility index (Phi) is 6.24. The van der Waals surface area contributed by atoms with Gasteiger partial charge in [0.05, 0.1) is 13.0 Å². The van der Waals surface area contributed by atoms with Crippen molar-refractivity contribution in [3.05, 3.63) is 47.5 Å². The molecule has 4 amide bonds. The molecule has 3 rings (SSSR count). The Hall–Kier alpha value is -2.77. The second-order valence-electron chi connectivity index (χ2n) is 8.21. The van der Waals surface area contributed by atoms with Crippen LogP contribution < -0.4 is 5.32 Å². The van der Waals surface area contributed by atoms with Gasteiger partial charge >= 0.3 is 6.03 Å². The molecule has 0 saturated carbocycles. The zero-order valence-corrected chi connectivity index (χ0v) is 17.3. The average Bonchev–Trinajstić information content (AvgIpc) is 2.92. The first-order chi connectivity index (χ1) is 14.2. The minimum Gasteiger partial charge on any atom is -0.342 e. The molecule has 8 heteroatoms. The Morgan fingerprint density at radius 3 is 2.33 bits per heavy atom. The number of rotatable bonds is 6. The third kappa shape index (κ3) is 4.22. The standard InChI is InChI=1S/C22H27F2N3O3/c1-4-22(20(29)27(13-14(2)3)21(30)25-22)16-5-7-26(8-6-16)19(28)11-15-9-17(23)12-18(24)10-15/h9-10,12,16H,2,4-8,11,13H2,1,3H3,(H,25,30)/t22-/m1/s1. The highest BCUT2D eigenvalue weighted by atomic mass is 19.1. The molecule has 2 fully saturated rings. The smallest absolute Gasteiger partial charge is 0.325 e. The summed E-state index contributed by atoms with van der Waals surface area (Å²) in [6.07, 6.45) is 1.50. The van der Waals surface area contributed by atoms with E-state index in [1.54, 1.807) is 11.8 Å². The summed E-state index contributed by atoms with van der Waals surface area (Å²) >= 11 is 0. The molecule has 0 aromatic heterocycles. The number of hydrogen-bond donors (Lipinski definition) is 1. The number of imide groups is 1. The topological polar surface area (TPSA) is 69.7 Å². The van der Waals surface area contributed by atoms with Gasteiger partial charge in [0.25, 0.3) is 5.91 Å². The lowest BCUT2D eigenvalue weighted by atomic mass is 9.75. The van der Waals surface area contributed by atoms with Crippen LogP contribution in [0.4, 0.5) is 13.6 Å². The molecular formula is C22H27F2N3O3. The summed E-state index contributed by atoms with van der Waals surface area (Å²) in [4.78, 5) is 40.9. The zero-order chi connectivity index (χ0) is 22.1. The van der Waals surface area contributed by atoms with E-state index >= 15 is 0 Å². The predicted molar refractivity (Wildman–Crippen MR) is 107 cm³/mol. The molecule has 1 atom stereocenters. The summed E-state index contributed by atoms with van der Waals surface area (Å²) in [7, 11) is 0. The number of carbonyl (C=O) groups excluding carboxylic acids is 3. The van der Waals surface area contributed by atoms with Crippen molar-refractivity contribution in [1.29, 1.82) is 0 Å². The molecule has 0 bridgehead atoms. The number of carbonyl (C=O) groups is 3. The van der Waals surface area contributed by atoms with E-state index in [0.29, 0.717) is 37.9 Å². The zero-order valence-electron chi connectivity index (χ0n) is 17.3. The minimum atomic E-state index is -0.965. The van der Waals surface area contributed by atoms with Crippen molar-refractivity contribution in [2.75, 3.05) is 19.6 Å². The lowest BCUT2D eigenvalue weighted by Gasteiger charge is -2.40. The van der Waals surface area contributed by atoms with Gasteiger partial charge in [0.1, 0.15) is 17.2 Å². The third-order valence-corrected chi connectivity index (χ3v) is 6.01. The van der Waals surface area contributed by atoms with Gasteiger partial charge in [-0.05, 0) is 49.8 Å². The third-order valence-electron chi connectivity index (χ3n) is 6.01. The molecule has 2 aliphatic rings. The number of halogens is 2. The van der Waals surface area contributed by atoms with Crippen LogP contribution in [0.15, 0.2) is 30.4 Å². The van der Waals surface area contributed by atoms with Crippen LogP contribution in [0.5, 0.6) is 0 Å². The van der Waals surface area contributed by atoms with Gasteiger partial charge in [0, 0.05) is 19.2 Å². The van der Waals surface area contributed by atoms with Crippen LogP contribution in [0.3, 0.4) is 0 Å². The highest BCUT2D eigenvalue weighted by Gasteiger charge is 2.54. The Bertz CT molecular complexity index is 860. The highest BCUT2D eigenvalue weighted by molar-refractivity contribution is 6.07. The molecule has 2 saturated heterocycles. The molecule has 0 aliphatic carbocycles. The van der Waals surface area contributed by atoms with E-state index in [0.717, 1.165) is 23.8 Å². The number of likely N-dealkylation sites (tertiary alicyclic amines) is 1. The number of urea groups is 1. The van der Waals surface area contributed by atoms with Crippen molar-refractivity contribution in [2.24, 2.45) is 5.92 Å². The van der Waals surface area contributed by atoms with Gasteiger partial charge in [-0.25, -0.2) is 13.6 Å². The maximum atomic E-state index is 13.4. The number of piperidine rings is 1. The van der Waals surface area contributed by atoms with Crippen LogP contribution in [0.1, 0.15) is 38.7 Å². The maximum absolute atomic E-state index is 13.4. The fraction of sp³-hybridized carbons (Fsp3) is 0.500. The van der Waals surface area contributed by atoms with Gasteiger partial charge in [0.2, 0.25) is 5.91 Å². The Morgan fingerprint density at radius 2 is 1.80 bits per heavy atom. The van der Waals surface area contributed by atoms with Gasteiger partial charge in [-0.1, -0.05) is 19.1 Å². The Morgan fingerprint density at radius 1 is 1.20 bits per heavy atom. The second kappa shape index (κ2) is 8.53. The molecule has 1 N–H and O–H groups in total. The first-order valence-electron chi connectivity index (χ1n) is 10.2. The van der Waals surface area contributed by atoms with Crippen molar-refractivity contribution >= 4 is 17.8 Å². The minimum absolute atomic E-state index is 0.0830. The van der Waals surface area contributed by atoms with E-state index in [4.69, 9.17) is 0 Å². The molecule has 30 heavy (non-hydrogen) atoms. The fourth-order valence-corrected chi connectivity index (χ4v) is 4.48. The van der Waals surface area contributed by atoms with E-state index in [9.17, 15) is 23.2 Å². The van der Waals surface area contributed by atoms with Crippen molar-refractivity contribution in [1.82, 2.24) is 15.1 Å². The first-order valence-corrected chi connectivity index (χ1v) is 10.2. The van der Waals surface area contributed by atoms with Gasteiger partial charge in [-0.3, -0.25) is 14.5 Å². The molecule has 1 aromatic rings. The number of nitrogens with one attached hydrogen (secondary N) is 1. The van der Waals surface area contributed by atoms with Gasteiger partial charge in [-0.2, -0.15) is 0 Å². The Labute approximate surface area is 174 Å². The number of nitrogens with zero attached hydrogens (tertiary/aromatic N) is 2. The van der Waals surface area contributed by atoms with Crippen LogP contribution in [0, 0.1) is 17.6 Å². The van der Waals surface area contributed by atoms with Crippen LogP contribution >= 0.6 is 0 Å². The molecular weight excluding hydrogens is 392 g/mol. The normalized spacial score (nSPS) is 22.4. The largest absolute Gasteiger partial charge is 0.342 e. The van der Waals surface area contributed by atoms with Crippen LogP contribution in [-0.2, 0) is 16.0 Å². The summed E-state index contributed by atoms with van der Waals surface area (Å²) in [5.74, 6) is -1.97. The summed E-state index contributed by atoms with van der Waals surface area (Å²) in [5, 5.41) is 2.90. The van der Waals surface area contributed by atoms with Crippen molar-refractivity contribution in [3.8, 4) is 0 Å². The van der Waals surface area contributed by atoms with E-state index < -0.39 is 23.2 Å². The van der Waals surface area contributed by atoms with Crippen molar-refractivity contribution in [3.63, 3.8) is 0 Å². The van der Waals surface area contributed by atoms with Crippen molar-refractivity contribution < 1.29 is 23.2 Å². The monoisotopic (exact) mass is 419 g/mol. The number of hydrogen-bond acceptors (Lipinski definition) is 3. The SMILES string of the molecule is C=C(C)CN1C(=O)N[C@](CC)(C2CCN(C(=O)Cc3cc(F)cc(F)c3)CC2)C1=O. The van der Waals surface area contributed by atoms with E-state index in [1.807, 2.05) is 6.92 Å². The lowest BCUT2D eigenvalue weighted by Crippen LogP contribution is -2.56. The van der Waals surface area contributed by atoms with E-state index in [1.165, 1.54) is 4.90 Å².